The first-order chi connectivity index (χ1) is 7.91. The van der Waals surface area contributed by atoms with Gasteiger partial charge in [-0.25, -0.2) is 0 Å². The van der Waals surface area contributed by atoms with Crippen LogP contribution in [-0.4, -0.2) is 16.7 Å². The first-order valence-electron chi connectivity index (χ1n) is 5.39. The van der Waals surface area contributed by atoms with Crippen molar-refractivity contribution in [1.29, 1.82) is 5.26 Å². The van der Waals surface area contributed by atoms with E-state index in [0.29, 0.717) is 29.8 Å². The summed E-state index contributed by atoms with van der Waals surface area (Å²) in [6.07, 6.45) is 1.35. The molecule has 0 spiro atoms. The normalized spacial score (nSPS) is 27.1. The predicted molar refractivity (Wildman–Crippen MR) is 70.5 cm³/mol. The van der Waals surface area contributed by atoms with Crippen LogP contribution in [0.4, 0.5) is 11.4 Å². The van der Waals surface area contributed by atoms with E-state index in [2.05, 4.69) is 27.3 Å². The van der Waals surface area contributed by atoms with Gasteiger partial charge in [0.15, 0.2) is 0 Å². The molecule has 0 bridgehead atoms. The Morgan fingerprint density at radius 2 is 2.24 bits per heavy atom. The Balaban J connectivity index is 2.19. The molecule has 0 heterocycles. The number of nitrogens with one attached hydrogen (secondary N) is 1. The van der Waals surface area contributed by atoms with Crippen LogP contribution < -0.4 is 11.1 Å². The molecule has 0 aromatic heterocycles. The molecule has 0 aliphatic heterocycles. The van der Waals surface area contributed by atoms with E-state index in [-0.39, 0.29) is 6.04 Å². The number of nitrogens with zero attached hydrogens (tertiary/aromatic N) is 1. The van der Waals surface area contributed by atoms with Crippen LogP contribution in [-0.2, 0) is 0 Å². The SMILES string of the molecule is C[C@]1(O)C[C@@H](Nc2c(N)cc(Br)cc2C#N)C1. The molecule has 0 unspecified atom stereocenters. The standard InChI is InChI=1S/C12H14BrN3O/c1-12(17)4-9(5-12)16-11-7(6-14)2-8(13)3-10(11)15/h2-3,9,16-17H,4-5,15H2,1H3/t9-,12+. The summed E-state index contributed by atoms with van der Waals surface area (Å²) in [5.74, 6) is 0. The Kier molecular flexibility index (Phi) is 3.02. The predicted octanol–water partition coefficient (Wildman–Crippen LogP) is 2.23. The second-order valence-corrected chi connectivity index (χ2v) is 5.69. The first kappa shape index (κ1) is 12.2. The van der Waals surface area contributed by atoms with E-state index in [0.717, 1.165) is 4.47 Å². The Bertz CT molecular complexity index is 485. The van der Waals surface area contributed by atoms with E-state index in [1.807, 2.05) is 0 Å². The van der Waals surface area contributed by atoms with E-state index in [1.54, 1.807) is 19.1 Å². The maximum absolute atomic E-state index is 9.66. The molecular formula is C12H14BrN3O. The molecule has 2 rings (SSSR count). The number of aliphatic hydroxyl groups is 1. The zero-order valence-electron chi connectivity index (χ0n) is 9.50. The van der Waals surface area contributed by atoms with Crippen molar-refractivity contribution in [3.8, 4) is 6.07 Å². The number of nitrogens with two attached hydrogens (primary N) is 1. The van der Waals surface area contributed by atoms with E-state index in [9.17, 15) is 5.11 Å². The van der Waals surface area contributed by atoms with Crippen molar-refractivity contribution in [3.05, 3.63) is 22.2 Å². The molecule has 1 aliphatic rings. The average Bonchev–Trinajstić information content (AvgIpc) is 2.18. The minimum atomic E-state index is -0.589. The Morgan fingerprint density at radius 1 is 1.59 bits per heavy atom. The van der Waals surface area contributed by atoms with Crippen molar-refractivity contribution >= 4 is 27.3 Å². The molecule has 5 heteroatoms. The van der Waals surface area contributed by atoms with Crippen molar-refractivity contribution in [2.24, 2.45) is 0 Å². The van der Waals surface area contributed by atoms with Crippen molar-refractivity contribution in [2.45, 2.75) is 31.4 Å². The van der Waals surface area contributed by atoms with Gasteiger partial charge in [0.05, 0.1) is 22.5 Å². The number of hydrogen-bond acceptors (Lipinski definition) is 4. The van der Waals surface area contributed by atoms with Gasteiger partial charge in [-0.3, -0.25) is 0 Å². The van der Waals surface area contributed by atoms with Gasteiger partial charge >= 0.3 is 0 Å². The minimum Gasteiger partial charge on any atom is -0.397 e. The first-order valence-corrected chi connectivity index (χ1v) is 6.18. The molecule has 1 aliphatic carbocycles. The van der Waals surface area contributed by atoms with Crippen LogP contribution in [0.1, 0.15) is 25.3 Å². The molecule has 4 N–H and O–H groups in total. The highest BCUT2D eigenvalue weighted by Crippen LogP contribution is 2.36. The lowest BCUT2D eigenvalue weighted by molar-refractivity contribution is -0.0234. The van der Waals surface area contributed by atoms with Gasteiger partial charge < -0.3 is 16.2 Å². The van der Waals surface area contributed by atoms with Crippen LogP contribution >= 0.6 is 15.9 Å². The van der Waals surface area contributed by atoms with Gasteiger partial charge in [0.2, 0.25) is 0 Å². The largest absolute Gasteiger partial charge is 0.397 e. The lowest BCUT2D eigenvalue weighted by atomic mass is 9.77. The van der Waals surface area contributed by atoms with E-state index in [1.165, 1.54) is 0 Å². The van der Waals surface area contributed by atoms with Crippen LogP contribution in [0.15, 0.2) is 16.6 Å². The number of benzene rings is 1. The number of anilines is 2. The van der Waals surface area contributed by atoms with Gasteiger partial charge in [0.25, 0.3) is 0 Å². The fourth-order valence-electron chi connectivity index (χ4n) is 2.19. The molecule has 0 amide bonds. The Hall–Kier alpha value is -1.25. The summed E-state index contributed by atoms with van der Waals surface area (Å²) >= 11 is 3.30. The quantitative estimate of drug-likeness (QED) is 0.731. The average molecular weight is 296 g/mol. The van der Waals surface area contributed by atoms with E-state index >= 15 is 0 Å². The Morgan fingerprint density at radius 3 is 2.76 bits per heavy atom. The number of rotatable bonds is 2. The molecule has 0 radical (unpaired) electrons. The van der Waals surface area contributed by atoms with Gasteiger partial charge in [-0.1, -0.05) is 15.9 Å². The fourth-order valence-corrected chi connectivity index (χ4v) is 2.66. The molecule has 17 heavy (non-hydrogen) atoms. The second-order valence-electron chi connectivity index (χ2n) is 4.78. The molecule has 1 aromatic carbocycles. The molecule has 4 nitrogen and oxygen atoms in total. The van der Waals surface area contributed by atoms with E-state index < -0.39 is 5.60 Å². The summed E-state index contributed by atoms with van der Waals surface area (Å²) in [5, 5.41) is 21.9. The number of nitrogen functional groups attached to an aromatic ring is 1. The third kappa shape index (κ3) is 2.54. The maximum Gasteiger partial charge on any atom is 0.101 e. The molecule has 1 fully saturated rings. The van der Waals surface area contributed by atoms with Gasteiger partial charge in [-0.05, 0) is 31.9 Å². The van der Waals surface area contributed by atoms with Crippen LogP contribution in [0.2, 0.25) is 0 Å². The summed E-state index contributed by atoms with van der Waals surface area (Å²) in [7, 11) is 0. The molecule has 90 valence electrons. The number of halogens is 1. The second kappa shape index (κ2) is 4.21. The third-order valence-corrected chi connectivity index (χ3v) is 3.43. The Labute approximate surface area is 109 Å². The van der Waals surface area contributed by atoms with E-state index in [4.69, 9.17) is 11.0 Å². The van der Waals surface area contributed by atoms with Gasteiger partial charge in [0.1, 0.15) is 6.07 Å². The van der Waals surface area contributed by atoms with Gasteiger partial charge in [-0.15, -0.1) is 0 Å². The molecule has 0 saturated heterocycles. The fraction of sp³-hybridized carbons (Fsp3) is 0.417. The number of nitriles is 1. The lowest BCUT2D eigenvalue weighted by Crippen LogP contribution is -2.48. The highest BCUT2D eigenvalue weighted by atomic mass is 79.9. The zero-order valence-corrected chi connectivity index (χ0v) is 11.1. The number of hydrogen-bond donors (Lipinski definition) is 3. The van der Waals surface area contributed by atoms with Gasteiger partial charge in [0, 0.05) is 10.5 Å². The lowest BCUT2D eigenvalue weighted by Gasteiger charge is -2.42. The summed E-state index contributed by atoms with van der Waals surface area (Å²) in [6.45, 7) is 1.81. The monoisotopic (exact) mass is 295 g/mol. The smallest absolute Gasteiger partial charge is 0.101 e. The summed E-state index contributed by atoms with van der Waals surface area (Å²) in [5.41, 5.74) is 7.02. The molecule has 1 aromatic rings. The summed E-state index contributed by atoms with van der Waals surface area (Å²) < 4.78 is 0.790. The van der Waals surface area contributed by atoms with Gasteiger partial charge in [-0.2, -0.15) is 5.26 Å². The molecular weight excluding hydrogens is 282 g/mol. The topological polar surface area (TPSA) is 82.1 Å². The van der Waals surface area contributed by atoms with Crippen molar-refractivity contribution < 1.29 is 5.11 Å². The summed E-state index contributed by atoms with van der Waals surface area (Å²) in [6, 6.07) is 5.79. The molecule has 0 atom stereocenters. The summed E-state index contributed by atoms with van der Waals surface area (Å²) in [4.78, 5) is 0. The minimum absolute atomic E-state index is 0.181. The van der Waals surface area contributed by atoms with Crippen molar-refractivity contribution in [3.63, 3.8) is 0 Å². The maximum atomic E-state index is 9.66. The molecule has 1 saturated carbocycles. The van der Waals surface area contributed by atoms with Crippen LogP contribution in [0.5, 0.6) is 0 Å². The van der Waals surface area contributed by atoms with Crippen molar-refractivity contribution in [2.75, 3.05) is 11.1 Å². The van der Waals surface area contributed by atoms with Crippen LogP contribution in [0.3, 0.4) is 0 Å². The third-order valence-electron chi connectivity index (χ3n) is 2.97. The van der Waals surface area contributed by atoms with Crippen LogP contribution in [0.25, 0.3) is 0 Å². The van der Waals surface area contributed by atoms with Crippen LogP contribution in [0, 0.1) is 11.3 Å². The highest BCUT2D eigenvalue weighted by molar-refractivity contribution is 9.10. The zero-order chi connectivity index (χ0) is 12.6. The highest BCUT2D eigenvalue weighted by Gasteiger charge is 2.38. The van der Waals surface area contributed by atoms with Crippen molar-refractivity contribution in [1.82, 2.24) is 0 Å².